The predicted molar refractivity (Wildman–Crippen MR) is 95.3 cm³/mol. The van der Waals surface area contributed by atoms with E-state index < -0.39 is 15.8 Å². The van der Waals surface area contributed by atoms with Gasteiger partial charge in [0.1, 0.15) is 12.4 Å². The summed E-state index contributed by atoms with van der Waals surface area (Å²) in [5.41, 5.74) is 0.373. The second kappa shape index (κ2) is 8.62. The Bertz CT molecular complexity index is 793. The minimum absolute atomic E-state index is 0.0703. The van der Waals surface area contributed by atoms with Crippen LogP contribution in [-0.4, -0.2) is 27.4 Å². The van der Waals surface area contributed by atoms with Gasteiger partial charge in [-0.05, 0) is 42.8 Å². The number of rotatable bonds is 8. The summed E-state index contributed by atoms with van der Waals surface area (Å²) in [6, 6.07) is 12.9. The van der Waals surface area contributed by atoms with Crippen LogP contribution in [0.5, 0.6) is 0 Å². The third-order valence-electron chi connectivity index (χ3n) is 3.59. The number of nitrogens with one attached hydrogen (secondary N) is 1. The fourth-order valence-electron chi connectivity index (χ4n) is 2.23. The molecule has 0 aliphatic heterocycles. The first-order valence-electron chi connectivity index (χ1n) is 8.05. The number of nitrogens with zero attached hydrogens (tertiary/aromatic N) is 1. The molecule has 7 heteroatoms. The Morgan fingerprint density at radius 1 is 1.08 bits per heavy atom. The number of carbonyl (C=O) groups excluding carboxylic acids is 1. The molecule has 0 aliphatic carbocycles. The molecular weight excluding hydrogens is 343 g/mol. The van der Waals surface area contributed by atoms with Crippen molar-refractivity contribution in [3.8, 4) is 0 Å². The van der Waals surface area contributed by atoms with Crippen LogP contribution in [0, 0.1) is 5.82 Å². The highest BCUT2D eigenvalue weighted by Crippen LogP contribution is 2.23. The largest absolute Gasteiger partial charge is 0.355 e. The summed E-state index contributed by atoms with van der Waals surface area (Å²) in [5.74, 6) is -0.912. The summed E-state index contributed by atoms with van der Waals surface area (Å²) in [6.07, 6.45) is 1.75. The highest BCUT2D eigenvalue weighted by atomic mass is 32.2. The molecule has 0 radical (unpaired) electrons. The van der Waals surface area contributed by atoms with Crippen LogP contribution >= 0.6 is 0 Å². The number of unbranched alkanes of at least 4 members (excludes halogenated alkanes) is 1. The third-order valence-corrected chi connectivity index (χ3v) is 5.37. The number of hydrogen-bond acceptors (Lipinski definition) is 3. The maximum atomic E-state index is 13.1. The van der Waals surface area contributed by atoms with Gasteiger partial charge in [0, 0.05) is 6.54 Å². The lowest BCUT2D eigenvalue weighted by Gasteiger charge is -2.24. The predicted octanol–water partition coefficient (Wildman–Crippen LogP) is 2.94. The first kappa shape index (κ1) is 18.9. The molecule has 0 aliphatic rings. The Balaban J connectivity index is 2.31. The van der Waals surface area contributed by atoms with Gasteiger partial charge < -0.3 is 5.32 Å². The lowest BCUT2D eigenvalue weighted by Crippen LogP contribution is -2.41. The van der Waals surface area contributed by atoms with Gasteiger partial charge in [-0.3, -0.25) is 9.10 Å². The van der Waals surface area contributed by atoms with Gasteiger partial charge in [0.05, 0.1) is 10.6 Å². The van der Waals surface area contributed by atoms with Crippen molar-refractivity contribution in [1.29, 1.82) is 0 Å². The molecule has 5 nitrogen and oxygen atoms in total. The zero-order valence-corrected chi connectivity index (χ0v) is 14.8. The van der Waals surface area contributed by atoms with Crippen LogP contribution < -0.4 is 9.62 Å². The monoisotopic (exact) mass is 364 g/mol. The summed E-state index contributed by atoms with van der Waals surface area (Å²) in [7, 11) is -3.99. The summed E-state index contributed by atoms with van der Waals surface area (Å²) in [6.45, 7) is 2.16. The van der Waals surface area contributed by atoms with Gasteiger partial charge in [-0.1, -0.05) is 31.5 Å². The molecule has 0 saturated heterocycles. The van der Waals surface area contributed by atoms with E-state index in [0.29, 0.717) is 12.2 Å². The summed E-state index contributed by atoms with van der Waals surface area (Å²) >= 11 is 0. The van der Waals surface area contributed by atoms with Crippen molar-refractivity contribution < 1.29 is 17.6 Å². The highest BCUT2D eigenvalue weighted by molar-refractivity contribution is 7.92. The van der Waals surface area contributed by atoms with E-state index in [1.54, 1.807) is 30.3 Å². The first-order chi connectivity index (χ1) is 11.9. The summed E-state index contributed by atoms with van der Waals surface area (Å²) in [5, 5.41) is 2.71. The number of sulfonamides is 1. The minimum Gasteiger partial charge on any atom is -0.355 e. The molecule has 0 spiro atoms. The van der Waals surface area contributed by atoms with Gasteiger partial charge in [-0.25, -0.2) is 12.8 Å². The van der Waals surface area contributed by atoms with Crippen molar-refractivity contribution in [3.63, 3.8) is 0 Å². The average molecular weight is 364 g/mol. The van der Waals surface area contributed by atoms with Gasteiger partial charge in [-0.15, -0.1) is 0 Å². The van der Waals surface area contributed by atoms with E-state index in [4.69, 9.17) is 0 Å². The molecule has 0 atom stereocenters. The van der Waals surface area contributed by atoms with Crippen LogP contribution in [0.3, 0.4) is 0 Å². The maximum Gasteiger partial charge on any atom is 0.264 e. The first-order valence-corrected chi connectivity index (χ1v) is 9.49. The zero-order valence-electron chi connectivity index (χ0n) is 14.0. The number of anilines is 1. The Hall–Kier alpha value is -2.41. The molecule has 0 heterocycles. The summed E-state index contributed by atoms with van der Waals surface area (Å²) in [4.78, 5) is 12.1. The van der Waals surface area contributed by atoms with E-state index in [1.807, 2.05) is 6.92 Å². The quantitative estimate of drug-likeness (QED) is 0.733. The standard InChI is InChI=1S/C18H21FN2O3S/c1-2-3-13-20-18(22)14-21(16-7-5-4-6-8-16)25(23,24)17-11-9-15(19)10-12-17/h4-12H,2-3,13-14H2,1H3,(H,20,22). The topological polar surface area (TPSA) is 66.5 Å². The number of para-hydroxylation sites is 1. The van der Waals surface area contributed by atoms with Crippen molar-refractivity contribution in [2.75, 3.05) is 17.4 Å². The van der Waals surface area contributed by atoms with Crippen LogP contribution in [0.25, 0.3) is 0 Å². The van der Waals surface area contributed by atoms with Gasteiger partial charge in [0.2, 0.25) is 5.91 Å². The van der Waals surface area contributed by atoms with E-state index >= 15 is 0 Å². The molecule has 0 aromatic heterocycles. The van der Waals surface area contributed by atoms with Gasteiger partial charge in [0.25, 0.3) is 10.0 Å². The number of benzene rings is 2. The van der Waals surface area contributed by atoms with Crippen molar-refractivity contribution in [2.24, 2.45) is 0 Å². The Kier molecular flexibility index (Phi) is 6.52. The summed E-state index contributed by atoms with van der Waals surface area (Å²) < 4.78 is 40.0. The molecule has 134 valence electrons. The van der Waals surface area contributed by atoms with E-state index in [0.717, 1.165) is 29.3 Å². The van der Waals surface area contributed by atoms with Crippen molar-refractivity contribution in [3.05, 3.63) is 60.4 Å². The SMILES string of the molecule is CCCCNC(=O)CN(c1ccccc1)S(=O)(=O)c1ccc(F)cc1. The molecule has 1 amide bonds. The molecule has 25 heavy (non-hydrogen) atoms. The van der Waals surface area contributed by atoms with Gasteiger partial charge >= 0.3 is 0 Å². The zero-order chi connectivity index (χ0) is 18.3. The highest BCUT2D eigenvalue weighted by Gasteiger charge is 2.27. The lowest BCUT2D eigenvalue weighted by atomic mass is 10.3. The fourth-order valence-corrected chi connectivity index (χ4v) is 3.65. The number of halogens is 1. The number of hydrogen-bond donors (Lipinski definition) is 1. The molecule has 0 unspecified atom stereocenters. The molecule has 2 rings (SSSR count). The number of amides is 1. The Morgan fingerprint density at radius 3 is 2.32 bits per heavy atom. The van der Waals surface area contributed by atoms with E-state index in [9.17, 15) is 17.6 Å². The third kappa shape index (κ3) is 5.03. The molecule has 2 aromatic rings. The average Bonchev–Trinajstić information content (AvgIpc) is 2.61. The van der Waals surface area contributed by atoms with Crippen LogP contribution in [-0.2, 0) is 14.8 Å². The molecule has 0 bridgehead atoms. The van der Waals surface area contributed by atoms with Crippen LogP contribution in [0.2, 0.25) is 0 Å². The van der Waals surface area contributed by atoms with Crippen molar-refractivity contribution in [1.82, 2.24) is 5.32 Å². The van der Waals surface area contributed by atoms with Crippen molar-refractivity contribution in [2.45, 2.75) is 24.7 Å². The van der Waals surface area contributed by atoms with Gasteiger partial charge in [-0.2, -0.15) is 0 Å². The fraction of sp³-hybridized carbons (Fsp3) is 0.278. The van der Waals surface area contributed by atoms with Crippen LogP contribution in [0.15, 0.2) is 59.5 Å². The lowest BCUT2D eigenvalue weighted by molar-refractivity contribution is -0.119. The second-order valence-corrected chi connectivity index (χ2v) is 7.37. The molecule has 1 N–H and O–H groups in total. The van der Waals surface area contributed by atoms with Crippen LogP contribution in [0.4, 0.5) is 10.1 Å². The minimum atomic E-state index is -3.99. The molecule has 0 fully saturated rings. The second-order valence-electron chi connectivity index (χ2n) is 5.50. The smallest absolute Gasteiger partial charge is 0.264 e. The van der Waals surface area contributed by atoms with E-state index in [2.05, 4.69) is 5.32 Å². The van der Waals surface area contributed by atoms with E-state index in [-0.39, 0.29) is 17.3 Å². The Morgan fingerprint density at radius 2 is 1.72 bits per heavy atom. The van der Waals surface area contributed by atoms with Crippen LogP contribution in [0.1, 0.15) is 19.8 Å². The van der Waals surface area contributed by atoms with Crippen molar-refractivity contribution >= 4 is 21.6 Å². The van der Waals surface area contributed by atoms with Gasteiger partial charge in [0.15, 0.2) is 0 Å². The molecular formula is C18H21FN2O3S. The normalized spacial score (nSPS) is 11.1. The number of carbonyl (C=O) groups is 1. The van der Waals surface area contributed by atoms with E-state index in [1.165, 1.54) is 12.1 Å². The molecule has 2 aromatic carbocycles. The molecule has 0 saturated carbocycles. The maximum absolute atomic E-state index is 13.1. The Labute approximate surface area is 147 Å².